The van der Waals surface area contributed by atoms with Crippen LogP contribution in [0.4, 0.5) is 0 Å². The molecule has 1 unspecified atom stereocenters. The van der Waals surface area contributed by atoms with Crippen molar-refractivity contribution in [3.05, 3.63) is 72.2 Å². The zero-order valence-electron chi connectivity index (χ0n) is 12.2. The molecule has 0 amide bonds. The highest BCUT2D eigenvalue weighted by atomic mass is 14.9. The lowest BCUT2D eigenvalue weighted by Crippen LogP contribution is -2.17. The number of rotatable bonds is 5. The molecule has 21 heavy (non-hydrogen) atoms. The standard InChI is InChI=1S/C18H19N3/c1-19-17(10-8-16-6-2-3-11-20-16)15-7-9-18-14(13-15)5-4-12-21-18/h2-7,9,11-13,17,19H,8,10H2,1H3. The average molecular weight is 277 g/mol. The molecule has 3 rings (SSSR count). The minimum absolute atomic E-state index is 0.330. The van der Waals surface area contributed by atoms with Crippen molar-refractivity contribution in [2.45, 2.75) is 18.9 Å². The van der Waals surface area contributed by atoms with Gasteiger partial charge in [-0.05, 0) is 55.8 Å². The van der Waals surface area contributed by atoms with Crippen molar-refractivity contribution in [3.8, 4) is 0 Å². The van der Waals surface area contributed by atoms with E-state index in [1.54, 1.807) is 0 Å². The lowest BCUT2D eigenvalue weighted by atomic mass is 9.99. The van der Waals surface area contributed by atoms with Gasteiger partial charge in [-0.25, -0.2) is 0 Å². The van der Waals surface area contributed by atoms with E-state index in [1.165, 1.54) is 10.9 Å². The molecule has 0 saturated heterocycles. The molecule has 0 fully saturated rings. The summed E-state index contributed by atoms with van der Waals surface area (Å²) in [5, 5.41) is 4.59. The lowest BCUT2D eigenvalue weighted by molar-refractivity contribution is 0.546. The molecule has 0 radical (unpaired) electrons. The Morgan fingerprint density at radius 1 is 1.00 bits per heavy atom. The smallest absolute Gasteiger partial charge is 0.0702 e. The van der Waals surface area contributed by atoms with Crippen LogP contribution in [0.2, 0.25) is 0 Å². The van der Waals surface area contributed by atoms with Gasteiger partial charge in [-0.3, -0.25) is 9.97 Å². The van der Waals surface area contributed by atoms with Crippen LogP contribution in [0.3, 0.4) is 0 Å². The molecule has 0 aliphatic rings. The molecule has 1 aromatic carbocycles. The number of aryl methyl sites for hydroxylation is 1. The third-order valence-corrected chi connectivity index (χ3v) is 3.79. The van der Waals surface area contributed by atoms with Crippen molar-refractivity contribution in [2.24, 2.45) is 0 Å². The van der Waals surface area contributed by atoms with Gasteiger partial charge in [0, 0.05) is 29.5 Å². The second-order valence-corrected chi connectivity index (χ2v) is 5.16. The fourth-order valence-electron chi connectivity index (χ4n) is 2.63. The number of aromatic nitrogens is 2. The minimum atomic E-state index is 0.330. The highest BCUT2D eigenvalue weighted by Gasteiger charge is 2.10. The molecule has 0 saturated carbocycles. The maximum absolute atomic E-state index is 4.39. The number of hydrogen-bond acceptors (Lipinski definition) is 3. The minimum Gasteiger partial charge on any atom is -0.313 e. The van der Waals surface area contributed by atoms with Crippen molar-refractivity contribution in [3.63, 3.8) is 0 Å². The largest absolute Gasteiger partial charge is 0.313 e. The summed E-state index contributed by atoms with van der Waals surface area (Å²) in [5.41, 5.74) is 3.48. The summed E-state index contributed by atoms with van der Waals surface area (Å²) >= 11 is 0. The van der Waals surface area contributed by atoms with Crippen molar-refractivity contribution in [2.75, 3.05) is 7.05 Å². The summed E-state index contributed by atoms with van der Waals surface area (Å²) in [7, 11) is 2.01. The molecule has 2 heterocycles. The van der Waals surface area contributed by atoms with Gasteiger partial charge in [-0.15, -0.1) is 0 Å². The van der Waals surface area contributed by atoms with Crippen LogP contribution in [0, 0.1) is 0 Å². The van der Waals surface area contributed by atoms with Crippen molar-refractivity contribution in [1.29, 1.82) is 0 Å². The SMILES string of the molecule is CNC(CCc1ccccn1)c1ccc2ncccc2c1. The first-order valence-corrected chi connectivity index (χ1v) is 7.28. The van der Waals surface area contributed by atoms with E-state index < -0.39 is 0 Å². The van der Waals surface area contributed by atoms with Gasteiger partial charge >= 0.3 is 0 Å². The van der Waals surface area contributed by atoms with Crippen LogP contribution in [0.5, 0.6) is 0 Å². The van der Waals surface area contributed by atoms with E-state index in [0.29, 0.717) is 6.04 Å². The van der Waals surface area contributed by atoms with Crippen molar-refractivity contribution < 1.29 is 0 Å². The quantitative estimate of drug-likeness (QED) is 0.775. The van der Waals surface area contributed by atoms with Gasteiger partial charge in [0.05, 0.1) is 5.52 Å². The van der Waals surface area contributed by atoms with Gasteiger partial charge < -0.3 is 5.32 Å². The molecule has 0 spiro atoms. The van der Waals surface area contributed by atoms with E-state index >= 15 is 0 Å². The molecule has 3 nitrogen and oxygen atoms in total. The monoisotopic (exact) mass is 277 g/mol. The first-order chi connectivity index (χ1) is 10.4. The number of nitrogens with zero attached hydrogens (tertiary/aromatic N) is 2. The van der Waals surface area contributed by atoms with Crippen molar-refractivity contribution in [1.82, 2.24) is 15.3 Å². The second-order valence-electron chi connectivity index (χ2n) is 5.16. The van der Waals surface area contributed by atoms with Crippen LogP contribution in [-0.4, -0.2) is 17.0 Å². The first kappa shape index (κ1) is 13.7. The Balaban J connectivity index is 1.78. The summed E-state index contributed by atoms with van der Waals surface area (Å²) in [5.74, 6) is 0. The van der Waals surface area contributed by atoms with E-state index in [2.05, 4.69) is 45.6 Å². The fraction of sp³-hybridized carbons (Fsp3) is 0.222. The summed E-state index contributed by atoms with van der Waals surface area (Å²) in [4.78, 5) is 8.76. The van der Waals surface area contributed by atoms with Crippen LogP contribution in [0.1, 0.15) is 23.7 Å². The highest BCUT2D eigenvalue weighted by Crippen LogP contribution is 2.22. The van der Waals surface area contributed by atoms with Crippen LogP contribution in [0.15, 0.2) is 60.9 Å². The fourth-order valence-corrected chi connectivity index (χ4v) is 2.63. The Bertz CT molecular complexity index is 710. The third-order valence-electron chi connectivity index (χ3n) is 3.79. The maximum Gasteiger partial charge on any atom is 0.0702 e. The predicted molar refractivity (Wildman–Crippen MR) is 86.1 cm³/mol. The lowest BCUT2D eigenvalue weighted by Gasteiger charge is -2.17. The molecule has 3 aromatic rings. The Hall–Kier alpha value is -2.26. The molecule has 0 bridgehead atoms. The van der Waals surface area contributed by atoms with E-state index in [-0.39, 0.29) is 0 Å². The summed E-state index contributed by atoms with van der Waals surface area (Å²) in [6.07, 6.45) is 5.68. The molecule has 106 valence electrons. The van der Waals surface area contributed by atoms with Crippen LogP contribution >= 0.6 is 0 Å². The normalized spacial score (nSPS) is 12.4. The second kappa shape index (κ2) is 6.46. The van der Waals surface area contributed by atoms with Crippen LogP contribution in [-0.2, 0) is 6.42 Å². The molecule has 3 heteroatoms. The Kier molecular flexibility index (Phi) is 4.22. The Morgan fingerprint density at radius 3 is 2.71 bits per heavy atom. The maximum atomic E-state index is 4.39. The predicted octanol–water partition coefficient (Wildman–Crippen LogP) is 3.52. The van der Waals surface area contributed by atoms with Crippen molar-refractivity contribution >= 4 is 10.9 Å². The number of hydrogen-bond donors (Lipinski definition) is 1. The third kappa shape index (κ3) is 3.26. The zero-order chi connectivity index (χ0) is 14.5. The highest BCUT2D eigenvalue weighted by molar-refractivity contribution is 5.79. The molecule has 1 N–H and O–H groups in total. The summed E-state index contributed by atoms with van der Waals surface area (Å²) in [6.45, 7) is 0. The summed E-state index contributed by atoms with van der Waals surface area (Å²) < 4.78 is 0. The van der Waals surface area contributed by atoms with E-state index in [0.717, 1.165) is 24.1 Å². The van der Waals surface area contributed by atoms with Gasteiger partial charge in [-0.1, -0.05) is 18.2 Å². The first-order valence-electron chi connectivity index (χ1n) is 7.28. The number of pyridine rings is 2. The van der Waals surface area contributed by atoms with E-state index in [9.17, 15) is 0 Å². The Labute approximate surface area is 125 Å². The van der Waals surface area contributed by atoms with E-state index in [1.807, 2.05) is 37.6 Å². The molecule has 2 aromatic heterocycles. The van der Waals surface area contributed by atoms with Gasteiger partial charge in [0.15, 0.2) is 0 Å². The topological polar surface area (TPSA) is 37.8 Å². The molecular weight excluding hydrogens is 258 g/mol. The molecule has 0 aliphatic carbocycles. The molecular formula is C18H19N3. The van der Waals surface area contributed by atoms with E-state index in [4.69, 9.17) is 0 Å². The van der Waals surface area contributed by atoms with Gasteiger partial charge in [0.25, 0.3) is 0 Å². The number of benzene rings is 1. The molecule has 1 atom stereocenters. The van der Waals surface area contributed by atoms with Gasteiger partial charge in [0.1, 0.15) is 0 Å². The van der Waals surface area contributed by atoms with Crippen LogP contribution in [0.25, 0.3) is 10.9 Å². The molecule has 0 aliphatic heterocycles. The number of nitrogens with one attached hydrogen (secondary N) is 1. The zero-order valence-corrected chi connectivity index (χ0v) is 12.2. The Morgan fingerprint density at radius 2 is 1.90 bits per heavy atom. The summed E-state index contributed by atoms with van der Waals surface area (Å²) in [6, 6.07) is 17.0. The van der Waals surface area contributed by atoms with Gasteiger partial charge in [-0.2, -0.15) is 0 Å². The van der Waals surface area contributed by atoms with Gasteiger partial charge in [0.2, 0.25) is 0 Å². The average Bonchev–Trinajstić information content (AvgIpc) is 2.56. The number of fused-ring (bicyclic) bond motifs is 1. The van der Waals surface area contributed by atoms with Crippen LogP contribution < -0.4 is 5.32 Å².